The Morgan fingerprint density at radius 3 is 2.48 bits per heavy atom. The van der Waals surface area contributed by atoms with E-state index in [2.05, 4.69) is 9.80 Å². The minimum absolute atomic E-state index is 0.263. The van der Waals surface area contributed by atoms with Gasteiger partial charge < -0.3 is 20.3 Å². The van der Waals surface area contributed by atoms with Gasteiger partial charge in [-0.3, -0.25) is 4.79 Å². The second kappa shape index (κ2) is 8.71. The smallest absolute Gasteiger partial charge is 0.322 e. The maximum atomic E-state index is 11.5. The lowest BCUT2D eigenvalue weighted by Crippen LogP contribution is -2.47. The summed E-state index contributed by atoms with van der Waals surface area (Å²) in [5, 5.41) is 0. The number of carbonyl (C=O) groups excluding carboxylic acids is 1. The highest BCUT2D eigenvalue weighted by molar-refractivity contribution is 5.75. The summed E-state index contributed by atoms with van der Waals surface area (Å²) in [6.07, 6.45) is 7.36. The van der Waals surface area contributed by atoms with E-state index in [0.29, 0.717) is 13.0 Å². The van der Waals surface area contributed by atoms with Gasteiger partial charge in [0, 0.05) is 12.6 Å². The Morgan fingerprint density at radius 1 is 1.19 bits per heavy atom. The van der Waals surface area contributed by atoms with Gasteiger partial charge in [0.2, 0.25) is 0 Å². The monoisotopic (exact) mass is 297 g/mol. The lowest BCUT2D eigenvalue weighted by Gasteiger charge is -2.40. The molecule has 1 atom stereocenters. The normalized spacial score (nSPS) is 23.9. The zero-order chi connectivity index (χ0) is 15.1. The van der Waals surface area contributed by atoms with Crippen LogP contribution >= 0.6 is 0 Å². The molecule has 5 heteroatoms. The second-order valence-corrected chi connectivity index (χ2v) is 6.32. The predicted octanol–water partition coefficient (Wildman–Crippen LogP) is 1.22. The standard InChI is InChI=1S/C16H31N3O2/c1-2-21-16(20)15(17)8-13-18-11-6-14(7-12-18)19-9-4-3-5-10-19/h14-15H,2-13,17H2,1H3. The first-order valence-electron chi connectivity index (χ1n) is 8.59. The molecule has 0 radical (unpaired) electrons. The van der Waals surface area contributed by atoms with Gasteiger partial charge in [-0.15, -0.1) is 0 Å². The third-order valence-corrected chi connectivity index (χ3v) is 4.81. The van der Waals surface area contributed by atoms with E-state index in [1.807, 2.05) is 6.92 Å². The van der Waals surface area contributed by atoms with E-state index in [1.165, 1.54) is 45.2 Å². The molecular weight excluding hydrogens is 266 g/mol. The van der Waals surface area contributed by atoms with Gasteiger partial charge in [0.15, 0.2) is 0 Å². The van der Waals surface area contributed by atoms with Crippen LogP contribution in [0.4, 0.5) is 0 Å². The van der Waals surface area contributed by atoms with Crippen LogP contribution in [0.1, 0.15) is 45.4 Å². The number of ether oxygens (including phenoxy) is 1. The van der Waals surface area contributed by atoms with Crippen molar-refractivity contribution in [3.05, 3.63) is 0 Å². The number of likely N-dealkylation sites (tertiary alicyclic amines) is 2. The summed E-state index contributed by atoms with van der Waals surface area (Å²) in [6.45, 7) is 7.99. The molecule has 122 valence electrons. The zero-order valence-corrected chi connectivity index (χ0v) is 13.4. The molecule has 2 saturated heterocycles. The molecule has 0 saturated carbocycles. The Bertz CT molecular complexity index is 311. The molecule has 0 bridgehead atoms. The molecule has 0 aromatic heterocycles. The van der Waals surface area contributed by atoms with Crippen molar-refractivity contribution in [2.45, 2.75) is 57.5 Å². The average Bonchev–Trinajstić information content (AvgIpc) is 2.54. The fraction of sp³-hybridized carbons (Fsp3) is 0.938. The van der Waals surface area contributed by atoms with E-state index >= 15 is 0 Å². The van der Waals surface area contributed by atoms with Crippen molar-refractivity contribution < 1.29 is 9.53 Å². The molecular formula is C16H31N3O2. The van der Waals surface area contributed by atoms with Gasteiger partial charge in [-0.25, -0.2) is 0 Å². The highest BCUT2D eigenvalue weighted by atomic mass is 16.5. The molecule has 2 heterocycles. The van der Waals surface area contributed by atoms with Gasteiger partial charge in [0.1, 0.15) is 6.04 Å². The third-order valence-electron chi connectivity index (χ3n) is 4.81. The van der Waals surface area contributed by atoms with Crippen molar-refractivity contribution in [2.75, 3.05) is 39.3 Å². The molecule has 5 nitrogen and oxygen atoms in total. The van der Waals surface area contributed by atoms with Crippen LogP contribution in [0.3, 0.4) is 0 Å². The molecule has 2 N–H and O–H groups in total. The molecule has 2 aliphatic heterocycles. The summed E-state index contributed by atoms with van der Waals surface area (Å²) >= 11 is 0. The number of esters is 1. The Hall–Kier alpha value is -0.650. The molecule has 0 aromatic rings. The average molecular weight is 297 g/mol. The SMILES string of the molecule is CCOC(=O)C(N)CCN1CCC(N2CCCCC2)CC1. The van der Waals surface area contributed by atoms with Gasteiger partial charge in [-0.05, 0) is 65.2 Å². The highest BCUT2D eigenvalue weighted by Crippen LogP contribution is 2.20. The summed E-state index contributed by atoms with van der Waals surface area (Å²) in [7, 11) is 0. The number of hydrogen-bond acceptors (Lipinski definition) is 5. The van der Waals surface area contributed by atoms with Crippen molar-refractivity contribution in [2.24, 2.45) is 5.73 Å². The van der Waals surface area contributed by atoms with E-state index in [-0.39, 0.29) is 5.97 Å². The summed E-state index contributed by atoms with van der Waals surface area (Å²) in [4.78, 5) is 16.6. The Labute approximate surface area is 128 Å². The minimum atomic E-state index is -0.468. The van der Waals surface area contributed by atoms with Crippen molar-refractivity contribution in [1.82, 2.24) is 9.80 Å². The van der Waals surface area contributed by atoms with Gasteiger partial charge in [-0.1, -0.05) is 6.42 Å². The lowest BCUT2D eigenvalue weighted by molar-refractivity contribution is -0.144. The second-order valence-electron chi connectivity index (χ2n) is 6.32. The van der Waals surface area contributed by atoms with Crippen molar-refractivity contribution in [3.63, 3.8) is 0 Å². The minimum Gasteiger partial charge on any atom is -0.465 e. The van der Waals surface area contributed by atoms with Crippen LogP contribution in [-0.4, -0.2) is 67.2 Å². The van der Waals surface area contributed by atoms with Gasteiger partial charge in [-0.2, -0.15) is 0 Å². The first-order valence-corrected chi connectivity index (χ1v) is 8.59. The molecule has 0 spiro atoms. The van der Waals surface area contributed by atoms with Crippen LogP contribution in [-0.2, 0) is 9.53 Å². The number of carbonyl (C=O) groups is 1. The fourth-order valence-electron chi connectivity index (χ4n) is 3.48. The molecule has 0 aromatic carbocycles. The molecule has 2 aliphatic rings. The maximum Gasteiger partial charge on any atom is 0.322 e. The van der Waals surface area contributed by atoms with Crippen LogP contribution in [0.5, 0.6) is 0 Å². The van der Waals surface area contributed by atoms with Gasteiger partial charge in [0.05, 0.1) is 6.61 Å². The molecule has 2 fully saturated rings. The Morgan fingerprint density at radius 2 is 1.86 bits per heavy atom. The topological polar surface area (TPSA) is 58.8 Å². The lowest BCUT2D eigenvalue weighted by atomic mass is 9.99. The molecule has 0 aliphatic carbocycles. The fourth-order valence-corrected chi connectivity index (χ4v) is 3.48. The summed E-state index contributed by atoms with van der Waals surface area (Å²) in [5.41, 5.74) is 5.86. The number of hydrogen-bond donors (Lipinski definition) is 1. The molecule has 21 heavy (non-hydrogen) atoms. The van der Waals surface area contributed by atoms with E-state index < -0.39 is 6.04 Å². The molecule has 0 amide bonds. The number of nitrogens with zero attached hydrogens (tertiary/aromatic N) is 2. The summed E-state index contributed by atoms with van der Waals surface area (Å²) in [6, 6.07) is 0.310. The van der Waals surface area contributed by atoms with E-state index in [0.717, 1.165) is 25.7 Å². The van der Waals surface area contributed by atoms with Crippen LogP contribution in [0, 0.1) is 0 Å². The zero-order valence-electron chi connectivity index (χ0n) is 13.4. The maximum absolute atomic E-state index is 11.5. The molecule has 2 rings (SSSR count). The van der Waals surface area contributed by atoms with Crippen molar-refractivity contribution in [3.8, 4) is 0 Å². The van der Waals surface area contributed by atoms with Crippen molar-refractivity contribution in [1.29, 1.82) is 0 Å². The first-order chi connectivity index (χ1) is 10.2. The highest BCUT2D eigenvalue weighted by Gasteiger charge is 2.26. The Balaban J connectivity index is 1.63. The number of piperidine rings is 2. The van der Waals surface area contributed by atoms with Crippen LogP contribution in [0.2, 0.25) is 0 Å². The predicted molar refractivity (Wildman–Crippen MR) is 84.1 cm³/mol. The van der Waals surface area contributed by atoms with E-state index in [9.17, 15) is 4.79 Å². The van der Waals surface area contributed by atoms with Crippen LogP contribution in [0.15, 0.2) is 0 Å². The quantitative estimate of drug-likeness (QED) is 0.747. The third kappa shape index (κ3) is 5.24. The molecule has 1 unspecified atom stereocenters. The van der Waals surface area contributed by atoms with Crippen LogP contribution in [0.25, 0.3) is 0 Å². The largest absolute Gasteiger partial charge is 0.465 e. The van der Waals surface area contributed by atoms with Gasteiger partial charge >= 0.3 is 5.97 Å². The Kier molecular flexibility index (Phi) is 6.93. The van der Waals surface area contributed by atoms with Gasteiger partial charge in [0.25, 0.3) is 0 Å². The first kappa shape index (κ1) is 16.7. The number of rotatable bonds is 6. The number of nitrogens with two attached hydrogens (primary N) is 1. The van der Waals surface area contributed by atoms with Crippen LogP contribution < -0.4 is 5.73 Å². The van der Waals surface area contributed by atoms with E-state index in [4.69, 9.17) is 10.5 Å². The summed E-state index contributed by atoms with van der Waals surface area (Å²) < 4.78 is 4.95. The van der Waals surface area contributed by atoms with Crippen molar-refractivity contribution >= 4 is 5.97 Å². The van der Waals surface area contributed by atoms with E-state index in [1.54, 1.807) is 0 Å². The summed E-state index contributed by atoms with van der Waals surface area (Å²) in [5.74, 6) is -0.263.